The molecule has 0 amide bonds. The van der Waals surface area contributed by atoms with Crippen molar-refractivity contribution in [3.63, 3.8) is 0 Å². The number of ether oxygens (including phenoxy) is 1. The molecule has 2 atom stereocenters. The minimum atomic E-state index is 0.305. The SMILES string of the molecule is Cc1cc(Cl)cc(Oc2nc(-n3c(C)cnc3N3CC4CCC(C3)C4N)nn2C)c1. The molecule has 1 aliphatic carbocycles. The van der Waals surface area contributed by atoms with E-state index in [9.17, 15) is 0 Å². The van der Waals surface area contributed by atoms with E-state index in [-0.39, 0.29) is 0 Å². The molecule has 9 heteroatoms. The highest BCUT2D eigenvalue weighted by atomic mass is 35.5. The number of piperidine rings is 1. The van der Waals surface area contributed by atoms with E-state index < -0.39 is 0 Å². The Bertz CT molecular complexity index is 1060. The number of anilines is 1. The molecular formula is C21H26ClN7O. The van der Waals surface area contributed by atoms with Gasteiger partial charge in [-0.05, 0) is 62.3 Å². The Morgan fingerprint density at radius 2 is 1.87 bits per heavy atom. The maximum atomic E-state index is 6.39. The van der Waals surface area contributed by atoms with Gasteiger partial charge in [0.25, 0.3) is 5.95 Å². The molecular weight excluding hydrogens is 402 g/mol. The molecule has 8 nitrogen and oxygen atoms in total. The minimum Gasteiger partial charge on any atom is -0.424 e. The average Bonchev–Trinajstić information content (AvgIpc) is 3.27. The van der Waals surface area contributed by atoms with Gasteiger partial charge < -0.3 is 15.4 Å². The van der Waals surface area contributed by atoms with Crippen molar-refractivity contribution in [1.29, 1.82) is 0 Å². The Kier molecular flexibility index (Phi) is 4.71. The Morgan fingerprint density at radius 3 is 2.57 bits per heavy atom. The molecule has 0 radical (unpaired) electrons. The maximum Gasteiger partial charge on any atom is 0.321 e. The summed E-state index contributed by atoms with van der Waals surface area (Å²) in [6.07, 6.45) is 4.25. The lowest BCUT2D eigenvalue weighted by Crippen LogP contribution is -2.49. The molecule has 2 N–H and O–H groups in total. The Labute approximate surface area is 180 Å². The predicted molar refractivity (Wildman–Crippen MR) is 116 cm³/mol. The fraction of sp³-hybridized carbons (Fsp3) is 0.476. The topological polar surface area (TPSA) is 87.0 Å². The standard InChI is InChI=1S/C21H26ClN7O/c1-12-6-16(22)8-17(7-12)30-21-25-19(26-27(21)3)29-13(2)9-24-20(29)28-10-14-4-5-15(11-28)18(14)23/h6-9,14-15,18H,4-5,10-11,23H2,1-3H3. The highest BCUT2D eigenvalue weighted by Gasteiger charge is 2.41. The number of aromatic nitrogens is 5. The number of hydrogen-bond acceptors (Lipinski definition) is 6. The van der Waals surface area contributed by atoms with Gasteiger partial charge in [0.15, 0.2) is 0 Å². The number of hydrogen-bond donors (Lipinski definition) is 1. The van der Waals surface area contributed by atoms with Crippen LogP contribution in [0.4, 0.5) is 5.95 Å². The summed E-state index contributed by atoms with van der Waals surface area (Å²) in [5.41, 5.74) is 8.38. The van der Waals surface area contributed by atoms with Crippen LogP contribution in [-0.2, 0) is 7.05 Å². The molecule has 1 aliphatic heterocycles. The quantitative estimate of drug-likeness (QED) is 0.687. The summed E-state index contributed by atoms with van der Waals surface area (Å²) in [4.78, 5) is 11.7. The largest absolute Gasteiger partial charge is 0.424 e. The number of rotatable bonds is 4. The van der Waals surface area contributed by atoms with Crippen LogP contribution in [0.1, 0.15) is 24.1 Å². The third kappa shape index (κ3) is 3.33. The smallest absolute Gasteiger partial charge is 0.321 e. The van der Waals surface area contributed by atoms with Gasteiger partial charge in [-0.1, -0.05) is 11.6 Å². The zero-order valence-corrected chi connectivity index (χ0v) is 18.2. The van der Waals surface area contributed by atoms with Gasteiger partial charge in [-0.3, -0.25) is 0 Å². The van der Waals surface area contributed by atoms with Crippen molar-refractivity contribution < 1.29 is 4.74 Å². The molecule has 2 aromatic heterocycles. The number of nitrogens with zero attached hydrogens (tertiary/aromatic N) is 6. The summed E-state index contributed by atoms with van der Waals surface area (Å²) in [5, 5.41) is 5.22. The summed E-state index contributed by atoms with van der Waals surface area (Å²) >= 11 is 6.16. The van der Waals surface area contributed by atoms with Gasteiger partial charge in [-0.15, -0.1) is 5.10 Å². The van der Waals surface area contributed by atoms with Crippen molar-refractivity contribution in [2.45, 2.75) is 32.7 Å². The zero-order valence-electron chi connectivity index (χ0n) is 17.4. The van der Waals surface area contributed by atoms with E-state index in [1.807, 2.05) is 43.8 Å². The highest BCUT2D eigenvalue weighted by molar-refractivity contribution is 6.30. The third-order valence-corrected chi connectivity index (χ3v) is 6.46. The second-order valence-electron chi connectivity index (χ2n) is 8.50. The molecule has 2 unspecified atom stereocenters. The van der Waals surface area contributed by atoms with E-state index in [0.717, 1.165) is 30.3 Å². The third-order valence-electron chi connectivity index (χ3n) is 6.25. The molecule has 3 heterocycles. The summed E-state index contributed by atoms with van der Waals surface area (Å²) in [6, 6.07) is 6.27. The van der Waals surface area contributed by atoms with Crippen LogP contribution in [0.15, 0.2) is 24.4 Å². The molecule has 158 valence electrons. The van der Waals surface area contributed by atoms with Gasteiger partial charge >= 0.3 is 6.01 Å². The van der Waals surface area contributed by atoms with Crippen molar-refractivity contribution >= 4 is 17.5 Å². The van der Waals surface area contributed by atoms with Crippen molar-refractivity contribution in [2.75, 3.05) is 18.0 Å². The van der Waals surface area contributed by atoms with Gasteiger partial charge in [0.2, 0.25) is 5.95 Å². The molecule has 2 bridgehead atoms. The van der Waals surface area contributed by atoms with Crippen molar-refractivity contribution in [3.8, 4) is 17.7 Å². The first-order valence-corrected chi connectivity index (χ1v) is 10.7. The Hall–Kier alpha value is -2.58. The second-order valence-corrected chi connectivity index (χ2v) is 8.94. The van der Waals surface area contributed by atoms with Crippen LogP contribution in [0, 0.1) is 25.7 Å². The van der Waals surface area contributed by atoms with Gasteiger partial charge in [0.05, 0.1) is 6.20 Å². The van der Waals surface area contributed by atoms with E-state index in [1.54, 1.807) is 10.7 Å². The van der Waals surface area contributed by atoms with Crippen molar-refractivity contribution in [2.24, 2.45) is 24.6 Å². The minimum absolute atomic E-state index is 0.305. The average molecular weight is 428 g/mol. The first-order valence-electron chi connectivity index (χ1n) is 10.3. The summed E-state index contributed by atoms with van der Waals surface area (Å²) in [5.74, 6) is 3.09. The van der Waals surface area contributed by atoms with Gasteiger partial charge in [-0.25, -0.2) is 14.2 Å². The first-order chi connectivity index (χ1) is 14.4. The van der Waals surface area contributed by atoms with Crippen LogP contribution in [0.3, 0.4) is 0 Å². The van der Waals surface area contributed by atoms with E-state index in [4.69, 9.17) is 22.1 Å². The highest BCUT2D eigenvalue weighted by Crippen LogP contribution is 2.37. The summed E-state index contributed by atoms with van der Waals surface area (Å²) in [6.45, 7) is 5.83. The van der Waals surface area contributed by atoms with E-state index in [2.05, 4.69) is 20.0 Å². The van der Waals surface area contributed by atoms with Gasteiger partial charge in [0, 0.05) is 36.9 Å². The molecule has 5 rings (SSSR count). The fourth-order valence-corrected chi connectivity index (χ4v) is 5.01. The predicted octanol–water partition coefficient (Wildman–Crippen LogP) is 3.24. The van der Waals surface area contributed by atoms with Crippen LogP contribution < -0.4 is 15.4 Å². The van der Waals surface area contributed by atoms with Crippen molar-refractivity contribution in [3.05, 3.63) is 40.7 Å². The van der Waals surface area contributed by atoms with E-state index in [0.29, 0.717) is 40.6 Å². The van der Waals surface area contributed by atoms with Crippen LogP contribution in [0.25, 0.3) is 5.95 Å². The maximum absolute atomic E-state index is 6.39. The fourth-order valence-electron chi connectivity index (χ4n) is 4.73. The molecule has 2 fully saturated rings. The normalized spacial score (nSPS) is 23.2. The number of imidazole rings is 1. The molecule has 2 aliphatic rings. The number of benzene rings is 1. The monoisotopic (exact) mass is 427 g/mol. The second kappa shape index (κ2) is 7.28. The molecule has 0 spiro atoms. The number of fused-ring (bicyclic) bond motifs is 2. The van der Waals surface area contributed by atoms with E-state index >= 15 is 0 Å². The summed E-state index contributed by atoms with van der Waals surface area (Å²) in [7, 11) is 1.81. The van der Waals surface area contributed by atoms with Gasteiger partial charge in [0.1, 0.15) is 5.75 Å². The first kappa shape index (κ1) is 19.4. The molecule has 3 aromatic rings. The summed E-state index contributed by atoms with van der Waals surface area (Å²) < 4.78 is 9.60. The molecule has 1 saturated heterocycles. The number of halogens is 1. The zero-order chi connectivity index (χ0) is 21.0. The Morgan fingerprint density at radius 1 is 1.13 bits per heavy atom. The number of nitrogens with two attached hydrogens (primary N) is 1. The Balaban J connectivity index is 1.46. The van der Waals surface area contributed by atoms with E-state index in [1.165, 1.54) is 12.8 Å². The number of aryl methyl sites for hydroxylation is 3. The lowest BCUT2D eigenvalue weighted by Gasteiger charge is -2.36. The van der Waals surface area contributed by atoms with Crippen LogP contribution >= 0.6 is 11.6 Å². The lowest BCUT2D eigenvalue weighted by atomic mass is 9.93. The molecule has 1 aromatic carbocycles. The van der Waals surface area contributed by atoms with Crippen LogP contribution in [-0.4, -0.2) is 43.4 Å². The molecule has 30 heavy (non-hydrogen) atoms. The van der Waals surface area contributed by atoms with Crippen LogP contribution in [0.5, 0.6) is 11.8 Å². The van der Waals surface area contributed by atoms with Crippen LogP contribution in [0.2, 0.25) is 5.02 Å². The lowest BCUT2D eigenvalue weighted by molar-refractivity contribution is 0.352. The van der Waals surface area contributed by atoms with Gasteiger partial charge in [-0.2, -0.15) is 4.98 Å². The molecule has 1 saturated carbocycles. The van der Waals surface area contributed by atoms with Crippen molar-refractivity contribution in [1.82, 2.24) is 24.3 Å².